The quantitative estimate of drug-likeness (QED) is 0.646. The zero-order chi connectivity index (χ0) is 16.4. The van der Waals surface area contributed by atoms with E-state index in [4.69, 9.17) is 9.47 Å². The van der Waals surface area contributed by atoms with Crippen LogP contribution in [0.3, 0.4) is 0 Å². The number of methoxy groups -OCH3 is 1. The first-order valence-corrected chi connectivity index (χ1v) is 7.42. The van der Waals surface area contributed by atoms with Crippen LogP contribution in [0.4, 0.5) is 5.69 Å². The van der Waals surface area contributed by atoms with Crippen LogP contribution in [0.25, 0.3) is 11.3 Å². The van der Waals surface area contributed by atoms with Gasteiger partial charge in [0.15, 0.2) is 5.75 Å². The molecule has 0 radical (unpaired) electrons. The van der Waals surface area contributed by atoms with Crippen LogP contribution < -0.4 is 14.8 Å². The fourth-order valence-corrected chi connectivity index (χ4v) is 2.76. The average molecular weight is 318 g/mol. The zero-order valence-electron chi connectivity index (χ0n) is 13.0. The second kappa shape index (κ2) is 6.25. The number of aromatic amines is 1. The smallest absolute Gasteiger partial charge is 0.315 e. The van der Waals surface area contributed by atoms with E-state index in [0.717, 1.165) is 24.2 Å². The summed E-state index contributed by atoms with van der Waals surface area (Å²) in [6, 6.07) is 3.21. The molecule has 3 rings (SSSR count). The Kier molecular flexibility index (Phi) is 4.16. The lowest BCUT2D eigenvalue weighted by Gasteiger charge is -2.14. The van der Waals surface area contributed by atoms with Gasteiger partial charge in [-0.1, -0.05) is 0 Å². The molecule has 8 nitrogen and oxygen atoms in total. The number of nitro groups is 1. The Hall–Kier alpha value is -2.61. The van der Waals surface area contributed by atoms with Gasteiger partial charge in [0.05, 0.1) is 24.3 Å². The highest BCUT2D eigenvalue weighted by atomic mass is 16.6. The normalized spacial score (nSPS) is 13.5. The maximum Gasteiger partial charge on any atom is 0.315 e. The van der Waals surface area contributed by atoms with Gasteiger partial charge in [0, 0.05) is 42.4 Å². The topological polar surface area (TPSA) is 102 Å². The molecule has 0 saturated heterocycles. The zero-order valence-corrected chi connectivity index (χ0v) is 13.0. The number of nitro benzene ring substituents is 1. The molecule has 122 valence electrons. The lowest BCUT2D eigenvalue weighted by Crippen LogP contribution is -2.23. The molecule has 0 aliphatic carbocycles. The first-order chi connectivity index (χ1) is 11.2. The van der Waals surface area contributed by atoms with E-state index in [1.54, 1.807) is 13.0 Å². The Morgan fingerprint density at radius 2 is 2.26 bits per heavy atom. The number of nitrogens with zero attached hydrogens (tertiary/aromatic N) is 2. The van der Waals surface area contributed by atoms with Crippen molar-refractivity contribution in [2.24, 2.45) is 0 Å². The Labute approximate surface area is 132 Å². The maximum absolute atomic E-state index is 11.4. The van der Waals surface area contributed by atoms with Gasteiger partial charge in [0.2, 0.25) is 5.75 Å². The van der Waals surface area contributed by atoms with E-state index in [1.165, 1.54) is 13.2 Å². The lowest BCUT2D eigenvalue weighted by molar-refractivity contribution is -0.385. The van der Waals surface area contributed by atoms with Gasteiger partial charge in [0.25, 0.3) is 0 Å². The summed E-state index contributed by atoms with van der Waals surface area (Å²) in [6.45, 7) is 3.66. The Morgan fingerprint density at radius 3 is 2.96 bits per heavy atom. The van der Waals surface area contributed by atoms with Crippen molar-refractivity contribution in [3.05, 3.63) is 33.5 Å². The molecule has 0 amide bonds. The van der Waals surface area contributed by atoms with Crippen molar-refractivity contribution in [3.63, 3.8) is 0 Å². The minimum Gasteiger partial charge on any atom is -0.493 e. The molecule has 0 unspecified atom stereocenters. The summed E-state index contributed by atoms with van der Waals surface area (Å²) in [5.41, 5.74) is 3.32. The molecule has 1 aromatic carbocycles. The minimum absolute atomic E-state index is 0.123. The van der Waals surface area contributed by atoms with Crippen molar-refractivity contribution in [1.82, 2.24) is 15.5 Å². The Morgan fingerprint density at radius 1 is 1.43 bits per heavy atom. The number of fused-ring (bicyclic) bond motifs is 1. The highest BCUT2D eigenvalue weighted by molar-refractivity contribution is 5.73. The molecule has 0 spiro atoms. The van der Waals surface area contributed by atoms with Crippen LogP contribution in [-0.4, -0.2) is 35.4 Å². The van der Waals surface area contributed by atoms with E-state index in [-0.39, 0.29) is 11.4 Å². The van der Waals surface area contributed by atoms with Gasteiger partial charge in [-0.3, -0.25) is 15.2 Å². The molecule has 1 aliphatic rings. The average Bonchev–Trinajstić information content (AvgIpc) is 2.99. The van der Waals surface area contributed by atoms with Gasteiger partial charge in [0.1, 0.15) is 0 Å². The van der Waals surface area contributed by atoms with Gasteiger partial charge >= 0.3 is 5.69 Å². The molecule has 1 aliphatic heterocycles. The van der Waals surface area contributed by atoms with Crippen LogP contribution in [0, 0.1) is 10.1 Å². The summed E-state index contributed by atoms with van der Waals surface area (Å²) < 4.78 is 10.7. The van der Waals surface area contributed by atoms with Gasteiger partial charge in [-0.2, -0.15) is 5.10 Å². The molecule has 2 heterocycles. The van der Waals surface area contributed by atoms with E-state index in [2.05, 4.69) is 15.5 Å². The summed E-state index contributed by atoms with van der Waals surface area (Å²) in [5.74, 6) is 0.475. The molecule has 23 heavy (non-hydrogen) atoms. The minimum atomic E-state index is -0.464. The third kappa shape index (κ3) is 2.72. The van der Waals surface area contributed by atoms with Crippen molar-refractivity contribution in [3.8, 4) is 22.8 Å². The van der Waals surface area contributed by atoms with Crippen LogP contribution in [-0.2, 0) is 13.0 Å². The summed E-state index contributed by atoms with van der Waals surface area (Å²) in [6.07, 6.45) is 0.860. The first kappa shape index (κ1) is 15.3. The van der Waals surface area contributed by atoms with Crippen LogP contribution >= 0.6 is 0 Å². The fourth-order valence-electron chi connectivity index (χ4n) is 2.76. The number of hydrogen-bond donors (Lipinski definition) is 2. The second-order valence-electron chi connectivity index (χ2n) is 5.17. The molecule has 0 atom stereocenters. The lowest BCUT2D eigenvalue weighted by atomic mass is 10.0. The monoisotopic (exact) mass is 318 g/mol. The Bertz CT molecular complexity index is 741. The largest absolute Gasteiger partial charge is 0.493 e. The number of ether oxygens (including phenoxy) is 2. The van der Waals surface area contributed by atoms with Crippen molar-refractivity contribution < 1.29 is 14.4 Å². The van der Waals surface area contributed by atoms with Gasteiger partial charge in [-0.15, -0.1) is 0 Å². The summed E-state index contributed by atoms with van der Waals surface area (Å²) in [5, 5.41) is 22.0. The van der Waals surface area contributed by atoms with Crippen LogP contribution in [0.2, 0.25) is 0 Å². The third-order valence-electron chi connectivity index (χ3n) is 3.82. The number of rotatable bonds is 5. The van der Waals surface area contributed by atoms with E-state index >= 15 is 0 Å². The number of hydrogen-bond acceptors (Lipinski definition) is 6. The number of nitrogens with one attached hydrogen (secondary N) is 2. The molecular formula is C15H18N4O4. The maximum atomic E-state index is 11.4. The second-order valence-corrected chi connectivity index (χ2v) is 5.17. The number of H-pyrrole nitrogens is 1. The molecular weight excluding hydrogens is 300 g/mol. The van der Waals surface area contributed by atoms with E-state index in [0.29, 0.717) is 30.2 Å². The standard InChI is InChI=1S/C15H18N4O4/c1-3-23-15-12(19(20)21)6-9(7-13(15)22-2)14-10-8-16-5-4-11(10)17-18-14/h6-7,16H,3-5,8H2,1-2H3,(H,17,18). The molecule has 0 bridgehead atoms. The van der Waals surface area contributed by atoms with Crippen LogP contribution in [0.15, 0.2) is 12.1 Å². The van der Waals surface area contributed by atoms with Crippen molar-refractivity contribution in [2.75, 3.05) is 20.3 Å². The summed E-state index contributed by atoms with van der Waals surface area (Å²) in [4.78, 5) is 10.9. The molecule has 2 aromatic rings. The van der Waals surface area contributed by atoms with Crippen molar-refractivity contribution in [2.45, 2.75) is 19.9 Å². The molecule has 0 fully saturated rings. The molecule has 2 N–H and O–H groups in total. The van der Waals surface area contributed by atoms with Gasteiger partial charge in [-0.05, 0) is 13.0 Å². The summed E-state index contributed by atoms with van der Waals surface area (Å²) >= 11 is 0. The first-order valence-electron chi connectivity index (χ1n) is 7.42. The SMILES string of the molecule is CCOc1c(OC)cc(-c2n[nH]c3c2CNCC3)cc1[N+](=O)[O-]. The Balaban J connectivity index is 2.15. The van der Waals surface area contributed by atoms with E-state index in [1.807, 2.05) is 0 Å². The molecule has 0 saturated carbocycles. The van der Waals surface area contributed by atoms with E-state index in [9.17, 15) is 10.1 Å². The fraction of sp³-hybridized carbons (Fsp3) is 0.400. The van der Waals surface area contributed by atoms with Crippen molar-refractivity contribution in [1.29, 1.82) is 0 Å². The predicted molar refractivity (Wildman–Crippen MR) is 83.8 cm³/mol. The van der Waals surface area contributed by atoms with Gasteiger partial charge < -0.3 is 14.8 Å². The third-order valence-corrected chi connectivity index (χ3v) is 3.82. The van der Waals surface area contributed by atoms with Crippen molar-refractivity contribution >= 4 is 5.69 Å². The number of benzene rings is 1. The highest BCUT2D eigenvalue weighted by Crippen LogP contribution is 2.41. The van der Waals surface area contributed by atoms with Crippen LogP contribution in [0.5, 0.6) is 11.5 Å². The van der Waals surface area contributed by atoms with Gasteiger partial charge in [-0.25, -0.2) is 0 Å². The summed E-state index contributed by atoms with van der Waals surface area (Å²) in [7, 11) is 1.47. The predicted octanol–water partition coefficient (Wildman–Crippen LogP) is 2.04. The molecule has 1 aromatic heterocycles. The van der Waals surface area contributed by atoms with E-state index < -0.39 is 4.92 Å². The van der Waals surface area contributed by atoms with Crippen LogP contribution in [0.1, 0.15) is 18.2 Å². The number of aromatic nitrogens is 2. The molecule has 8 heteroatoms. The highest BCUT2D eigenvalue weighted by Gasteiger charge is 2.25.